The van der Waals surface area contributed by atoms with E-state index in [0.717, 1.165) is 11.0 Å². The molecular formula is C12H18BrN. The van der Waals surface area contributed by atoms with E-state index in [4.69, 9.17) is 0 Å². The molecule has 0 atom stereocenters. The Bertz CT molecular complexity index is 305. The fourth-order valence-corrected chi connectivity index (χ4v) is 1.96. The van der Waals surface area contributed by atoms with Gasteiger partial charge >= 0.3 is 0 Å². The summed E-state index contributed by atoms with van der Waals surface area (Å²) < 4.78 is 0.958. The Labute approximate surface area is 95.1 Å². The average molecular weight is 256 g/mol. The molecule has 0 unspecified atom stereocenters. The normalized spacial score (nSPS) is 11.4. The van der Waals surface area contributed by atoms with Crippen LogP contribution in [0.3, 0.4) is 0 Å². The largest absolute Gasteiger partial charge is 0.246 e. The fourth-order valence-electron chi connectivity index (χ4n) is 1.46. The molecule has 1 heterocycles. The van der Waals surface area contributed by atoms with Gasteiger partial charge in [-0.05, 0) is 51.9 Å². The van der Waals surface area contributed by atoms with Crippen LogP contribution >= 0.6 is 15.9 Å². The van der Waals surface area contributed by atoms with Crippen molar-refractivity contribution in [3.05, 3.63) is 28.0 Å². The van der Waals surface area contributed by atoms with E-state index in [2.05, 4.69) is 60.7 Å². The third kappa shape index (κ3) is 3.41. The van der Waals surface area contributed by atoms with Crippen molar-refractivity contribution in [1.29, 1.82) is 0 Å². The van der Waals surface area contributed by atoms with Crippen LogP contribution in [-0.4, -0.2) is 4.98 Å². The molecular weight excluding hydrogens is 238 g/mol. The summed E-state index contributed by atoms with van der Waals surface area (Å²) >= 11 is 3.46. The summed E-state index contributed by atoms with van der Waals surface area (Å²) in [7, 11) is 0. The van der Waals surface area contributed by atoms with Gasteiger partial charge in [-0.2, -0.15) is 0 Å². The lowest BCUT2D eigenvalue weighted by atomic mass is 10.0. The third-order valence-electron chi connectivity index (χ3n) is 2.11. The lowest BCUT2D eigenvalue weighted by Crippen LogP contribution is -1.99. The van der Waals surface area contributed by atoms with E-state index in [-0.39, 0.29) is 0 Å². The lowest BCUT2D eigenvalue weighted by molar-refractivity contribution is 0.644. The summed E-state index contributed by atoms with van der Waals surface area (Å²) in [5, 5.41) is 0. The zero-order valence-corrected chi connectivity index (χ0v) is 10.9. The Kier molecular flexibility index (Phi) is 4.11. The molecule has 0 aliphatic heterocycles. The Morgan fingerprint density at radius 3 is 2.36 bits per heavy atom. The Hall–Kier alpha value is -0.370. The molecule has 0 N–H and O–H groups in total. The highest BCUT2D eigenvalue weighted by Crippen LogP contribution is 2.19. The van der Waals surface area contributed by atoms with E-state index in [1.807, 2.05) is 0 Å². The SMILES string of the molecule is CC(C)Cc1cc(Br)nc(C(C)C)c1. The van der Waals surface area contributed by atoms with Crippen molar-refractivity contribution in [2.45, 2.75) is 40.0 Å². The highest BCUT2D eigenvalue weighted by atomic mass is 79.9. The van der Waals surface area contributed by atoms with E-state index >= 15 is 0 Å². The molecule has 0 saturated carbocycles. The minimum atomic E-state index is 0.499. The van der Waals surface area contributed by atoms with Crippen LogP contribution in [0.2, 0.25) is 0 Å². The number of nitrogens with zero attached hydrogens (tertiary/aromatic N) is 1. The van der Waals surface area contributed by atoms with Crippen LogP contribution in [0, 0.1) is 5.92 Å². The van der Waals surface area contributed by atoms with Gasteiger partial charge in [-0.3, -0.25) is 0 Å². The van der Waals surface area contributed by atoms with Crippen molar-refractivity contribution in [3.63, 3.8) is 0 Å². The molecule has 2 heteroatoms. The number of hydrogen-bond donors (Lipinski definition) is 0. The minimum Gasteiger partial charge on any atom is -0.246 e. The molecule has 0 bridgehead atoms. The van der Waals surface area contributed by atoms with Gasteiger partial charge in [0, 0.05) is 5.69 Å². The predicted molar refractivity (Wildman–Crippen MR) is 64.6 cm³/mol. The van der Waals surface area contributed by atoms with Gasteiger partial charge in [0.25, 0.3) is 0 Å². The Morgan fingerprint density at radius 1 is 1.21 bits per heavy atom. The molecule has 0 aromatic carbocycles. The molecule has 1 nitrogen and oxygen atoms in total. The molecule has 1 aromatic heterocycles. The molecule has 0 spiro atoms. The summed E-state index contributed by atoms with van der Waals surface area (Å²) in [4.78, 5) is 4.46. The van der Waals surface area contributed by atoms with Gasteiger partial charge in [-0.25, -0.2) is 4.98 Å². The first-order valence-electron chi connectivity index (χ1n) is 5.15. The molecule has 0 aliphatic rings. The van der Waals surface area contributed by atoms with E-state index in [0.29, 0.717) is 11.8 Å². The summed E-state index contributed by atoms with van der Waals surface area (Å²) in [5.74, 6) is 1.20. The van der Waals surface area contributed by atoms with Gasteiger partial charge < -0.3 is 0 Å². The first kappa shape index (κ1) is 11.7. The molecule has 0 amide bonds. The van der Waals surface area contributed by atoms with Crippen LogP contribution in [-0.2, 0) is 6.42 Å². The zero-order valence-electron chi connectivity index (χ0n) is 9.34. The highest BCUT2D eigenvalue weighted by Gasteiger charge is 2.06. The quantitative estimate of drug-likeness (QED) is 0.740. The molecule has 1 rings (SSSR count). The fraction of sp³-hybridized carbons (Fsp3) is 0.583. The molecule has 0 aliphatic carbocycles. The van der Waals surface area contributed by atoms with Crippen molar-refractivity contribution in [2.24, 2.45) is 5.92 Å². The second-order valence-electron chi connectivity index (χ2n) is 4.48. The number of aromatic nitrogens is 1. The molecule has 1 aromatic rings. The third-order valence-corrected chi connectivity index (χ3v) is 2.52. The number of pyridine rings is 1. The van der Waals surface area contributed by atoms with E-state index in [1.54, 1.807) is 0 Å². The summed E-state index contributed by atoms with van der Waals surface area (Å²) in [5.41, 5.74) is 2.56. The van der Waals surface area contributed by atoms with Gasteiger partial charge in [0.2, 0.25) is 0 Å². The van der Waals surface area contributed by atoms with E-state index in [1.165, 1.54) is 11.3 Å². The molecule has 0 fully saturated rings. The maximum Gasteiger partial charge on any atom is 0.106 e. The zero-order chi connectivity index (χ0) is 10.7. The Balaban J connectivity index is 2.95. The highest BCUT2D eigenvalue weighted by molar-refractivity contribution is 9.10. The van der Waals surface area contributed by atoms with E-state index in [9.17, 15) is 0 Å². The van der Waals surface area contributed by atoms with Gasteiger partial charge in [0.15, 0.2) is 0 Å². The monoisotopic (exact) mass is 255 g/mol. The summed E-state index contributed by atoms with van der Waals surface area (Å²) in [6.07, 6.45) is 1.13. The maximum absolute atomic E-state index is 4.46. The first-order valence-corrected chi connectivity index (χ1v) is 5.94. The second kappa shape index (κ2) is 4.92. The van der Waals surface area contributed by atoms with Crippen LogP contribution in [0.4, 0.5) is 0 Å². The van der Waals surface area contributed by atoms with Crippen molar-refractivity contribution < 1.29 is 0 Å². The summed E-state index contributed by atoms with van der Waals surface area (Å²) in [6, 6.07) is 4.33. The van der Waals surface area contributed by atoms with Crippen molar-refractivity contribution >= 4 is 15.9 Å². The van der Waals surface area contributed by atoms with Crippen molar-refractivity contribution in [1.82, 2.24) is 4.98 Å². The van der Waals surface area contributed by atoms with Crippen LogP contribution in [0.25, 0.3) is 0 Å². The average Bonchev–Trinajstić information content (AvgIpc) is 2.01. The van der Waals surface area contributed by atoms with Gasteiger partial charge in [-0.15, -0.1) is 0 Å². The number of rotatable bonds is 3. The molecule has 0 radical (unpaired) electrons. The number of halogens is 1. The lowest BCUT2D eigenvalue weighted by Gasteiger charge is -2.10. The first-order chi connectivity index (χ1) is 6.49. The van der Waals surface area contributed by atoms with Gasteiger partial charge in [0.1, 0.15) is 4.60 Å². The van der Waals surface area contributed by atoms with E-state index < -0.39 is 0 Å². The predicted octanol–water partition coefficient (Wildman–Crippen LogP) is 4.17. The second-order valence-corrected chi connectivity index (χ2v) is 5.29. The van der Waals surface area contributed by atoms with Gasteiger partial charge in [0.05, 0.1) is 0 Å². The molecule has 0 saturated heterocycles. The number of hydrogen-bond acceptors (Lipinski definition) is 1. The van der Waals surface area contributed by atoms with Crippen LogP contribution in [0.1, 0.15) is 44.9 Å². The standard InChI is InChI=1S/C12H18BrN/c1-8(2)5-10-6-11(9(3)4)14-12(13)7-10/h6-9H,5H2,1-4H3. The Morgan fingerprint density at radius 2 is 1.86 bits per heavy atom. The maximum atomic E-state index is 4.46. The molecule has 14 heavy (non-hydrogen) atoms. The van der Waals surface area contributed by atoms with Crippen molar-refractivity contribution in [2.75, 3.05) is 0 Å². The van der Waals surface area contributed by atoms with Crippen molar-refractivity contribution in [3.8, 4) is 0 Å². The van der Waals surface area contributed by atoms with Gasteiger partial charge in [-0.1, -0.05) is 27.7 Å². The molecule has 78 valence electrons. The van der Waals surface area contributed by atoms with Crippen LogP contribution < -0.4 is 0 Å². The summed E-state index contributed by atoms with van der Waals surface area (Å²) in [6.45, 7) is 8.83. The minimum absolute atomic E-state index is 0.499. The smallest absolute Gasteiger partial charge is 0.106 e. The van der Waals surface area contributed by atoms with Crippen LogP contribution in [0.15, 0.2) is 16.7 Å². The van der Waals surface area contributed by atoms with Crippen LogP contribution in [0.5, 0.6) is 0 Å². The topological polar surface area (TPSA) is 12.9 Å².